The van der Waals surface area contributed by atoms with Crippen molar-refractivity contribution in [1.82, 2.24) is 0 Å². The fourth-order valence-corrected chi connectivity index (χ4v) is 0.341. The van der Waals surface area contributed by atoms with Crippen molar-refractivity contribution in [2.45, 2.75) is 6.92 Å². The van der Waals surface area contributed by atoms with Crippen LogP contribution in [0.15, 0.2) is 24.3 Å². The lowest BCUT2D eigenvalue weighted by atomic mass is 10.4. The van der Waals surface area contributed by atoms with E-state index in [0.29, 0.717) is 18.8 Å². The van der Waals surface area contributed by atoms with Crippen LogP contribution in [0.25, 0.3) is 0 Å². The van der Waals surface area contributed by atoms with E-state index >= 15 is 0 Å². The maximum absolute atomic E-state index is 10.6. The van der Waals surface area contributed by atoms with Gasteiger partial charge in [0.15, 0.2) is 0 Å². The highest BCUT2D eigenvalue weighted by Gasteiger charge is 2.00. The Balaban J connectivity index is 0. The average molecular weight is 207 g/mol. The molecule has 0 aliphatic heterocycles. The Hall–Kier alpha value is -0.800. The van der Waals surface area contributed by atoms with E-state index in [1.807, 2.05) is 0 Å². The molecule has 0 rings (SSSR count). The maximum Gasteiger partial charge on any atom is 0.333 e. The first-order chi connectivity index (χ1) is 6.09. The first-order valence-electron chi connectivity index (χ1n) is 3.62. The minimum Gasteiger partial charge on any atom is -0.460 e. The molecular weight excluding hydrogens is 192 g/mol. The summed E-state index contributed by atoms with van der Waals surface area (Å²) in [4.78, 5) is 10.6. The Morgan fingerprint density at radius 2 is 2.00 bits per heavy atom. The van der Waals surface area contributed by atoms with Crippen LogP contribution in [0, 0.1) is 0 Å². The SMILES string of the molecule is C=C(C)C(=O)OCCOC.C=CCl. The first kappa shape index (κ1) is 14.7. The number of hydrogen-bond donors (Lipinski definition) is 0. The Labute approximate surface area is 84.0 Å². The van der Waals surface area contributed by atoms with E-state index in [2.05, 4.69) is 22.6 Å². The number of halogens is 1. The van der Waals surface area contributed by atoms with Gasteiger partial charge in [0.1, 0.15) is 6.61 Å². The Bertz CT molecular complexity index is 166. The van der Waals surface area contributed by atoms with Crippen LogP contribution in [0.2, 0.25) is 0 Å². The second-order valence-electron chi connectivity index (χ2n) is 2.06. The molecule has 3 nitrogen and oxygen atoms in total. The van der Waals surface area contributed by atoms with E-state index < -0.39 is 0 Å². The lowest BCUT2D eigenvalue weighted by molar-refractivity contribution is -0.140. The summed E-state index contributed by atoms with van der Waals surface area (Å²) >= 11 is 4.76. The third-order valence-electron chi connectivity index (χ3n) is 0.869. The quantitative estimate of drug-likeness (QED) is 0.402. The molecule has 0 spiro atoms. The summed E-state index contributed by atoms with van der Waals surface area (Å²) in [5.74, 6) is -0.364. The molecule has 0 aromatic rings. The van der Waals surface area contributed by atoms with Crippen LogP contribution in [0.4, 0.5) is 0 Å². The van der Waals surface area contributed by atoms with E-state index in [4.69, 9.17) is 11.6 Å². The number of ether oxygens (including phenoxy) is 2. The molecule has 0 aromatic heterocycles. The van der Waals surface area contributed by atoms with E-state index in [1.165, 1.54) is 5.54 Å². The van der Waals surface area contributed by atoms with Gasteiger partial charge in [-0.05, 0) is 12.5 Å². The minimum absolute atomic E-state index is 0.294. The Kier molecular flexibility index (Phi) is 12.7. The van der Waals surface area contributed by atoms with Gasteiger partial charge in [0, 0.05) is 12.7 Å². The highest BCUT2D eigenvalue weighted by atomic mass is 35.5. The molecule has 0 aliphatic rings. The molecule has 13 heavy (non-hydrogen) atoms. The monoisotopic (exact) mass is 206 g/mol. The van der Waals surface area contributed by atoms with Crippen molar-refractivity contribution in [1.29, 1.82) is 0 Å². The number of methoxy groups -OCH3 is 1. The van der Waals surface area contributed by atoms with E-state index in [0.717, 1.165) is 0 Å². The second kappa shape index (κ2) is 11.2. The number of esters is 1. The van der Waals surface area contributed by atoms with Gasteiger partial charge in [-0.1, -0.05) is 24.8 Å². The van der Waals surface area contributed by atoms with Crippen LogP contribution in [0.3, 0.4) is 0 Å². The average Bonchev–Trinajstić information content (AvgIpc) is 2.06. The molecule has 0 atom stereocenters. The molecule has 4 heteroatoms. The normalized spacial score (nSPS) is 7.92. The van der Waals surface area contributed by atoms with Crippen LogP contribution >= 0.6 is 11.6 Å². The van der Waals surface area contributed by atoms with E-state index in [1.54, 1.807) is 14.0 Å². The van der Waals surface area contributed by atoms with Gasteiger partial charge in [0.2, 0.25) is 0 Å². The van der Waals surface area contributed by atoms with Gasteiger partial charge in [-0.2, -0.15) is 0 Å². The Morgan fingerprint density at radius 3 is 2.31 bits per heavy atom. The van der Waals surface area contributed by atoms with Gasteiger partial charge >= 0.3 is 5.97 Å². The lowest BCUT2D eigenvalue weighted by Crippen LogP contribution is -2.09. The molecule has 0 fully saturated rings. The van der Waals surface area contributed by atoms with Gasteiger partial charge in [-0.25, -0.2) is 4.79 Å². The summed E-state index contributed by atoms with van der Waals surface area (Å²) in [5, 5.41) is 0. The molecule has 0 amide bonds. The number of rotatable bonds is 4. The second-order valence-corrected chi connectivity index (χ2v) is 2.37. The smallest absolute Gasteiger partial charge is 0.333 e. The predicted octanol–water partition coefficient (Wildman–Crippen LogP) is 2.12. The topological polar surface area (TPSA) is 35.5 Å². The van der Waals surface area contributed by atoms with Crippen molar-refractivity contribution in [3.63, 3.8) is 0 Å². The van der Waals surface area contributed by atoms with Crippen LogP contribution < -0.4 is 0 Å². The molecule has 0 aromatic carbocycles. The van der Waals surface area contributed by atoms with Crippen LogP contribution in [-0.2, 0) is 14.3 Å². The van der Waals surface area contributed by atoms with Crippen LogP contribution in [0.5, 0.6) is 0 Å². The van der Waals surface area contributed by atoms with Crippen molar-refractivity contribution in [3.8, 4) is 0 Å². The van der Waals surface area contributed by atoms with Gasteiger partial charge < -0.3 is 9.47 Å². The number of carbonyl (C=O) groups is 1. The summed E-state index contributed by atoms with van der Waals surface area (Å²) in [6, 6.07) is 0. The Morgan fingerprint density at radius 1 is 1.54 bits per heavy atom. The minimum atomic E-state index is -0.364. The maximum atomic E-state index is 10.6. The molecule has 0 unspecified atom stereocenters. The highest BCUT2D eigenvalue weighted by molar-refractivity contribution is 6.25. The molecule has 76 valence electrons. The molecule has 0 heterocycles. The third kappa shape index (κ3) is 14.1. The van der Waals surface area contributed by atoms with Crippen molar-refractivity contribution in [2.75, 3.05) is 20.3 Å². The summed E-state index contributed by atoms with van der Waals surface area (Å²) in [6.45, 7) is 8.87. The molecule has 0 saturated carbocycles. The third-order valence-corrected chi connectivity index (χ3v) is 0.869. The zero-order valence-corrected chi connectivity index (χ0v) is 8.76. The van der Waals surface area contributed by atoms with E-state index in [-0.39, 0.29) is 5.97 Å². The largest absolute Gasteiger partial charge is 0.460 e. The molecule has 0 bridgehead atoms. The predicted molar refractivity (Wildman–Crippen MR) is 53.7 cm³/mol. The molecular formula is C9H15ClO3. The fourth-order valence-electron chi connectivity index (χ4n) is 0.341. The van der Waals surface area contributed by atoms with Gasteiger partial charge in [-0.3, -0.25) is 0 Å². The lowest BCUT2D eigenvalue weighted by Gasteiger charge is -2.01. The van der Waals surface area contributed by atoms with Crippen LogP contribution in [0.1, 0.15) is 6.92 Å². The molecule has 0 saturated heterocycles. The van der Waals surface area contributed by atoms with Crippen molar-refractivity contribution in [2.24, 2.45) is 0 Å². The van der Waals surface area contributed by atoms with Crippen molar-refractivity contribution >= 4 is 17.6 Å². The van der Waals surface area contributed by atoms with E-state index in [9.17, 15) is 4.79 Å². The highest BCUT2D eigenvalue weighted by Crippen LogP contribution is 1.90. The zero-order chi connectivity index (χ0) is 10.7. The standard InChI is InChI=1S/C7H12O3.C2H3Cl/c1-6(2)7(8)10-5-4-9-3;1-2-3/h1,4-5H2,2-3H3;2H,1H2. The molecule has 0 N–H and O–H groups in total. The summed E-state index contributed by atoms with van der Waals surface area (Å²) in [5.41, 5.74) is 1.64. The van der Waals surface area contributed by atoms with Crippen molar-refractivity contribution < 1.29 is 14.3 Å². The summed E-state index contributed by atoms with van der Waals surface area (Å²) in [7, 11) is 1.55. The van der Waals surface area contributed by atoms with Gasteiger partial charge in [0.25, 0.3) is 0 Å². The summed E-state index contributed by atoms with van der Waals surface area (Å²) in [6.07, 6.45) is 0. The molecule has 0 radical (unpaired) electrons. The molecule has 0 aliphatic carbocycles. The van der Waals surface area contributed by atoms with Gasteiger partial charge in [0.05, 0.1) is 6.61 Å². The zero-order valence-electron chi connectivity index (χ0n) is 8.01. The first-order valence-corrected chi connectivity index (χ1v) is 4.06. The van der Waals surface area contributed by atoms with Crippen LogP contribution in [-0.4, -0.2) is 26.3 Å². The summed E-state index contributed by atoms with van der Waals surface area (Å²) < 4.78 is 9.35. The van der Waals surface area contributed by atoms with Crippen molar-refractivity contribution in [3.05, 3.63) is 24.3 Å². The van der Waals surface area contributed by atoms with Gasteiger partial charge in [-0.15, -0.1) is 0 Å². The fraction of sp³-hybridized carbons (Fsp3) is 0.444. The number of carbonyl (C=O) groups excluding carboxylic acids is 1. The number of hydrogen-bond acceptors (Lipinski definition) is 3.